The second-order valence-electron chi connectivity index (χ2n) is 5.74. The zero-order chi connectivity index (χ0) is 18.4. The van der Waals surface area contributed by atoms with E-state index in [0.29, 0.717) is 11.1 Å². The third-order valence-electron chi connectivity index (χ3n) is 3.98. The Balaban J connectivity index is 1.77. The molecular formula is C22H16ClNO2. The molecule has 0 fully saturated rings. The summed E-state index contributed by atoms with van der Waals surface area (Å²) in [6.07, 6.45) is 0. The van der Waals surface area contributed by atoms with Crippen LogP contribution in [0.3, 0.4) is 0 Å². The van der Waals surface area contributed by atoms with Crippen LogP contribution in [0.25, 0.3) is 11.1 Å². The summed E-state index contributed by atoms with van der Waals surface area (Å²) in [6, 6.07) is 26.5. The number of nitrogens with zero attached hydrogens (tertiary/aromatic N) is 1. The summed E-state index contributed by atoms with van der Waals surface area (Å²) >= 11 is 6.28. The van der Waals surface area contributed by atoms with Gasteiger partial charge in [-0.15, -0.1) is 11.6 Å². The molecule has 26 heavy (non-hydrogen) atoms. The molecule has 0 saturated heterocycles. The van der Waals surface area contributed by atoms with E-state index >= 15 is 0 Å². The van der Waals surface area contributed by atoms with Crippen molar-refractivity contribution in [2.45, 2.75) is 12.0 Å². The van der Waals surface area contributed by atoms with E-state index in [4.69, 9.17) is 16.3 Å². The van der Waals surface area contributed by atoms with Crippen molar-refractivity contribution in [3.05, 3.63) is 95.6 Å². The molecule has 0 aliphatic carbocycles. The molecule has 0 spiro atoms. The number of esters is 1. The van der Waals surface area contributed by atoms with Gasteiger partial charge in [-0.1, -0.05) is 72.8 Å². The number of halogens is 1. The van der Waals surface area contributed by atoms with E-state index in [-0.39, 0.29) is 6.61 Å². The number of alkyl halides is 1. The minimum absolute atomic E-state index is 0.146. The lowest BCUT2D eigenvalue weighted by Gasteiger charge is -2.13. The summed E-state index contributed by atoms with van der Waals surface area (Å²) in [5, 5.41) is 8.44. The topological polar surface area (TPSA) is 50.1 Å². The van der Waals surface area contributed by atoms with Gasteiger partial charge in [0.15, 0.2) is 5.38 Å². The Morgan fingerprint density at radius 2 is 1.62 bits per heavy atom. The minimum atomic E-state index is -1.03. The lowest BCUT2D eigenvalue weighted by Crippen LogP contribution is -2.12. The second-order valence-corrected chi connectivity index (χ2v) is 6.17. The van der Waals surface area contributed by atoms with Crippen LogP contribution in [-0.2, 0) is 16.1 Å². The van der Waals surface area contributed by atoms with E-state index in [1.807, 2.05) is 66.7 Å². The molecule has 3 rings (SSSR count). The molecule has 0 bridgehead atoms. The van der Waals surface area contributed by atoms with Crippen LogP contribution in [0.1, 0.15) is 22.1 Å². The first kappa shape index (κ1) is 17.7. The third-order valence-corrected chi connectivity index (χ3v) is 4.40. The van der Waals surface area contributed by atoms with Crippen molar-refractivity contribution >= 4 is 17.6 Å². The first-order valence-electron chi connectivity index (χ1n) is 8.13. The molecule has 0 N–H and O–H groups in total. The van der Waals surface area contributed by atoms with Crippen molar-refractivity contribution in [2.75, 3.05) is 0 Å². The maximum absolute atomic E-state index is 12.3. The summed E-state index contributed by atoms with van der Waals surface area (Å²) in [5.74, 6) is -0.570. The molecule has 0 heterocycles. The summed E-state index contributed by atoms with van der Waals surface area (Å²) in [6.45, 7) is 0.146. The van der Waals surface area contributed by atoms with Crippen molar-refractivity contribution in [1.29, 1.82) is 5.26 Å². The van der Waals surface area contributed by atoms with Crippen LogP contribution in [0.5, 0.6) is 0 Å². The van der Waals surface area contributed by atoms with Crippen LogP contribution in [0.4, 0.5) is 0 Å². The molecular weight excluding hydrogens is 346 g/mol. The summed E-state index contributed by atoms with van der Waals surface area (Å²) in [7, 11) is 0. The van der Waals surface area contributed by atoms with Crippen LogP contribution >= 0.6 is 11.6 Å². The molecule has 0 aromatic heterocycles. The first-order valence-corrected chi connectivity index (χ1v) is 8.57. The molecule has 0 amide bonds. The van der Waals surface area contributed by atoms with Crippen molar-refractivity contribution in [3.63, 3.8) is 0 Å². The average molecular weight is 362 g/mol. The summed E-state index contributed by atoms with van der Waals surface area (Å²) in [5.41, 5.74) is 3.58. The van der Waals surface area contributed by atoms with E-state index in [9.17, 15) is 10.1 Å². The summed E-state index contributed by atoms with van der Waals surface area (Å²) < 4.78 is 5.28. The number of rotatable bonds is 5. The van der Waals surface area contributed by atoms with Gasteiger partial charge in [0.1, 0.15) is 6.61 Å². The van der Waals surface area contributed by atoms with Gasteiger partial charge in [-0.2, -0.15) is 5.26 Å². The monoisotopic (exact) mass is 361 g/mol. The van der Waals surface area contributed by atoms with Crippen molar-refractivity contribution in [1.82, 2.24) is 0 Å². The summed E-state index contributed by atoms with van der Waals surface area (Å²) in [4.78, 5) is 12.3. The number of nitriles is 1. The minimum Gasteiger partial charge on any atom is -0.459 e. The van der Waals surface area contributed by atoms with E-state index in [2.05, 4.69) is 6.07 Å². The SMILES string of the molecule is N#Cc1cc(-c2ccccc2)ccc1C(Cl)C(=O)OCc1ccccc1. The Kier molecular flexibility index (Phi) is 5.68. The highest BCUT2D eigenvalue weighted by Crippen LogP contribution is 2.29. The Bertz CT molecular complexity index is 933. The average Bonchev–Trinajstić information content (AvgIpc) is 2.72. The molecule has 1 atom stereocenters. The molecule has 3 aromatic rings. The zero-order valence-electron chi connectivity index (χ0n) is 13.9. The maximum Gasteiger partial charge on any atom is 0.329 e. The quantitative estimate of drug-likeness (QED) is 0.460. The van der Waals surface area contributed by atoms with Gasteiger partial charge in [-0.25, -0.2) is 0 Å². The zero-order valence-corrected chi connectivity index (χ0v) is 14.7. The highest BCUT2D eigenvalue weighted by molar-refractivity contribution is 6.30. The van der Waals surface area contributed by atoms with Crippen molar-refractivity contribution in [3.8, 4) is 17.2 Å². The second kappa shape index (κ2) is 8.33. The Morgan fingerprint density at radius 1 is 0.962 bits per heavy atom. The number of carbonyl (C=O) groups is 1. The number of carbonyl (C=O) groups excluding carboxylic acids is 1. The van der Waals surface area contributed by atoms with Gasteiger partial charge in [-0.05, 0) is 28.3 Å². The lowest BCUT2D eigenvalue weighted by atomic mass is 9.98. The largest absolute Gasteiger partial charge is 0.459 e. The van der Waals surface area contributed by atoms with Crippen LogP contribution < -0.4 is 0 Å². The number of hydrogen-bond donors (Lipinski definition) is 0. The number of ether oxygens (including phenoxy) is 1. The molecule has 3 aromatic carbocycles. The Morgan fingerprint density at radius 3 is 2.27 bits per heavy atom. The maximum atomic E-state index is 12.3. The fraction of sp³-hybridized carbons (Fsp3) is 0.0909. The van der Waals surface area contributed by atoms with Gasteiger partial charge in [0.05, 0.1) is 11.6 Å². The van der Waals surface area contributed by atoms with Gasteiger partial charge in [0, 0.05) is 0 Å². The first-order chi connectivity index (χ1) is 12.7. The fourth-order valence-corrected chi connectivity index (χ4v) is 2.87. The van der Waals surface area contributed by atoms with Crippen molar-refractivity contribution in [2.24, 2.45) is 0 Å². The van der Waals surface area contributed by atoms with Gasteiger partial charge in [0.2, 0.25) is 0 Å². The van der Waals surface area contributed by atoms with E-state index in [1.54, 1.807) is 12.1 Å². The Labute approximate surface area is 157 Å². The van der Waals surface area contributed by atoms with Crippen LogP contribution in [0, 0.1) is 11.3 Å². The predicted octanol–water partition coefficient (Wildman–Crippen LogP) is 5.25. The van der Waals surface area contributed by atoms with Gasteiger partial charge < -0.3 is 4.74 Å². The smallest absolute Gasteiger partial charge is 0.329 e. The van der Waals surface area contributed by atoms with E-state index < -0.39 is 11.3 Å². The fourth-order valence-electron chi connectivity index (χ4n) is 2.61. The number of benzene rings is 3. The molecule has 4 heteroatoms. The third kappa shape index (κ3) is 4.11. The van der Waals surface area contributed by atoms with Crippen molar-refractivity contribution < 1.29 is 9.53 Å². The number of hydrogen-bond acceptors (Lipinski definition) is 3. The molecule has 0 aliphatic rings. The highest BCUT2D eigenvalue weighted by Gasteiger charge is 2.23. The molecule has 0 radical (unpaired) electrons. The molecule has 1 unspecified atom stereocenters. The molecule has 0 aliphatic heterocycles. The molecule has 128 valence electrons. The van der Waals surface area contributed by atoms with Crippen LogP contribution in [0.2, 0.25) is 0 Å². The van der Waals surface area contributed by atoms with Crippen LogP contribution in [0.15, 0.2) is 78.9 Å². The van der Waals surface area contributed by atoms with E-state index in [1.165, 1.54) is 0 Å². The Hall–Kier alpha value is -3.09. The van der Waals surface area contributed by atoms with Gasteiger partial charge in [-0.3, -0.25) is 4.79 Å². The van der Waals surface area contributed by atoms with Crippen LogP contribution in [-0.4, -0.2) is 5.97 Å². The molecule has 3 nitrogen and oxygen atoms in total. The highest BCUT2D eigenvalue weighted by atomic mass is 35.5. The van der Waals surface area contributed by atoms with Gasteiger partial charge in [0.25, 0.3) is 0 Å². The molecule has 0 saturated carbocycles. The normalized spacial score (nSPS) is 11.4. The lowest BCUT2D eigenvalue weighted by molar-refractivity contribution is -0.144. The van der Waals surface area contributed by atoms with Gasteiger partial charge >= 0.3 is 5.97 Å². The van der Waals surface area contributed by atoms with E-state index in [0.717, 1.165) is 16.7 Å². The predicted molar refractivity (Wildman–Crippen MR) is 101 cm³/mol. The standard InChI is InChI=1S/C22H16ClNO2/c23-21(22(25)26-15-16-7-3-1-4-8-16)20-12-11-18(13-19(20)14-24)17-9-5-2-6-10-17/h1-13,21H,15H2.